The molecular formula is C32H29N5O5. The van der Waals surface area contributed by atoms with E-state index >= 15 is 0 Å². The molecule has 0 bridgehead atoms. The van der Waals surface area contributed by atoms with Gasteiger partial charge in [-0.1, -0.05) is 59.3 Å². The Hall–Kier alpha value is -5.38. The lowest BCUT2D eigenvalue weighted by Crippen LogP contribution is -2.42. The summed E-state index contributed by atoms with van der Waals surface area (Å²) in [5.41, 5.74) is 4.48. The molecule has 1 atom stereocenters. The van der Waals surface area contributed by atoms with Gasteiger partial charge in [0.25, 0.3) is 5.91 Å². The number of nitrogens with zero attached hydrogens (tertiary/aromatic N) is 4. The van der Waals surface area contributed by atoms with Crippen molar-refractivity contribution in [2.75, 3.05) is 19.2 Å². The van der Waals surface area contributed by atoms with Gasteiger partial charge in [0.05, 0.1) is 12.6 Å². The van der Waals surface area contributed by atoms with E-state index < -0.39 is 6.04 Å². The van der Waals surface area contributed by atoms with Crippen molar-refractivity contribution in [3.63, 3.8) is 0 Å². The van der Waals surface area contributed by atoms with Crippen molar-refractivity contribution < 1.29 is 23.8 Å². The highest BCUT2D eigenvalue weighted by atomic mass is 16.7. The smallest absolute Gasteiger partial charge is 0.251 e. The lowest BCUT2D eigenvalue weighted by molar-refractivity contribution is -0.140. The van der Waals surface area contributed by atoms with Crippen LogP contribution in [0.2, 0.25) is 0 Å². The second-order valence-electron chi connectivity index (χ2n) is 9.98. The van der Waals surface area contributed by atoms with Crippen LogP contribution in [0.15, 0.2) is 91.0 Å². The standard InChI is InChI=1S/C32H29N5O5/c1-21-7-11-23(12-8-21)31(32(39)33-24-13-16-28-29(17-24)42-20-41-28)36(18-22-9-14-25(40-2)15-10-22)30(38)19-37-27-6-4-3-5-26(27)34-35-37/h3-17,31H,18-20H2,1-2H3,(H,33,39). The van der Waals surface area contributed by atoms with Crippen LogP contribution in [-0.2, 0) is 22.7 Å². The first-order chi connectivity index (χ1) is 20.5. The number of aromatic nitrogens is 3. The molecule has 0 fully saturated rings. The number of carbonyl (C=O) groups is 2. The number of hydrogen-bond acceptors (Lipinski definition) is 7. The van der Waals surface area contributed by atoms with Gasteiger partial charge in [-0.2, -0.15) is 0 Å². The highest BCUT2D eigenvalue weighted by Crippen LogP contribution is 2.35. The van der Waals surface area contributed by atoms with Gasteiger partial charge in [0.1, 0.15) is 23.9 Å². The van der Waals surface area contributed by atoms with Crippen molar-refractivity contribution in [2.45, 2.75) is 26.1 Å². The summed E-state index contributed by atoms with van der Waals surface area (Å²) in [4.78, 5) is 29.9. The van der Waals surface area contributed by atoms with Gasteiger partial charge < -0.3 is 24.4 Å². The minimum Gasteiger partial charge on any atom is -0.497 e. The summed E-state index contributed by atoms with van der Waals surface area (Å²) in [5.74, 6) is 1.18. The quantitative estimate of drug-likeness (QED) is 0.272. The first kappa shape index (κ1) is 26.8. The fourth-order valence-electron chi connectivity index (χ4n) is 4.91. The number of aryl methyl sites for hydroxylation is 1. The topological polar surface area (TPSA) is 108 Å². The number of fused-ring (bicyclic) bond motifs is 2. The Kier molecular flexibility index (Phi) is 7.42. The van der Waals surface area contributed by atoms with Crippen LogP contribution in [0.5, 0.6) is 17.2 Å². The van der Waals surface area contributed by atoms with Gasteiger partial charge in [-0.3, -0.25) is 9.59 Å². The van der Waals surface area contributed by atoms with E-state index in [1.807, 2.05) is 79.7 Å². The van der Waals surface area contributed by atoms with Gasteiger partial charge in [-0.25, -0.2) is 4.68 Å². The Bertz CT molecular complexity index is 1730. The van der Waals surface area contributed by atoms with Crippen LogP contribution in [0.1, 0.15) is 22.7 Å². The number of rotatable bonds is 9. The van der Waals surface area contributed by atoms with Gasteiger partial charge in [0.15, 0.2) is 11.5 Å². The Labute approximate surface area is 242 Å². The van der Waals surface area contributed by atoms with E-state index in [2.05, 4.69) is 15.6 Å². The Balaban J connectivity index is 1.38. The van der Waals surface area contributed by atoms with Gasteiger partial charge >= 0.3 is 0 Å². The summed E-state index contributed by atoms with van der Waals surface area (Å²) in [6.45, 7) is 2.17. The first-order valence-corrected chi connectivity index (χ1v) is 13.5. The number of ether oxygens (including phenoxy) is 3. The summed E-state index contributed by atoms with van der Waals surface area (Å²) < 4.78 is 17.8. The molecular weight excluding hydrogens is 534 g/mol. The van der Waals surface area contributed by atoms with Crippen molar-refractivity contribution in [3.05, 3.63) is 108 Å². The van der Waals surface area contributed by atoms with Crippen molar-refractivity contribution >= 4 is 28.5 Å². The summed E-state index contributed by atoms with van der Waals surface area (Å²) in [5, 5.41) is 11.4. The van der Waals surface area contributed by atoms with E-state index in [1.54, 1.807) is 34.9 Å². The van der Waals surface area contributed by atoms with Crippen molar-refractivity contribution in [2.24, 2.45) is 0 Å². The van der Waals surface area contributed by atoms with E-state index in [0.29, 0.717) is 34.0 Å². The number of para-hydroxylation sites is 1. The van der Waals surface area contributed by atoms with Crippen LogP contribution in [0.25, 0.3) is 11.0 Å². The monoisotopic (exact) mass is 563 g/mol. The van der Waals surface area contributed by atoms with Crippen molar-refractivity contribution in [1.82, 2.24) is 19.9 Å². The highest BCUT2D eigenvalue weighted by molar-refractivity contribution is 5.98. The summed E-state index contributed by atoms with van der Waals surface area (Å²) in [7, 11) is 1.60. The molecule has 1 aliphatic rings. The molecule has 1 unspecified atom stereocenters. The Morgan fingerprint density at radius 1 is 0.976 bits per heavy atom. The van der Waals surface area contributed by atoms with Crippen molar-refractivity contribution in [3.8, 4) is 17.2 Å². The minimum absolute atomic E-state index is 0.101. The van der Waals surface area contributed by atoms with Crippen LogP contribution in [0.4, 0.5) is 5.69 Å². The third kappa shape index (κ3) is 5.60. The lowest BCUT2D eigenvalue weighted by atomic mass is 10.0. The molecule has 10 heteroatoms. The Morgan fingerprint density at radius 2 is 1.74 bits per heavy atom. The molecule has 1 N–H and O–H groups in total. The molecule has 5 aromatic rings. The highest BCUT2D eigenvalue weighted by Gasteiger charge is 2.32. The third-order valence-corrected chi connectivity index (χ3v) is 7.13. The van der Waals surface area contributed by atoms with Crippen LogP contribution >= 0.6 is 0 Å². The molecule has 0 saturated carbocycles. The minimum atomic E-state index is -0.958. The maximum atomic E-state index is 14.2. The maximum Gasteiger partial charge on any atom is 0.251 e. The molecule has 212 valence electrons. The van der Waals surface area contributed by atoms with E-state index in [1.165, 1.54) is 0 Å². The molecule has 0 aliphatic carbocycles. The number of amides is 2. The van der Waals surface area contributed by atoms with E-state index in [-0.39, 0.29) is 31.7 Å². The molecule has 0 spiro atoms. The van der Waals surface area contributed by atoms with Gasteiger partial charge in [-0.15, -0.1) is 5.10 Å². The number of hydrogen-bond donors (Lipinski definition) is 1. The average Bonchev–Trinajstić information content (AvgIpc) is 3.65. The molecule has 2 heterocycles. The molecule has 1 aliphatic heterocycles. The number of benzene rings is 4. The summed E-state index contributed by atoms with van der Waals surface area (Å²) in [6, 6.07) is 26.7. The molecule has 10 nitrogen and oxygen atoms in total. The second kappa shape index (κ2) is 11.6. The number of anilines is 1. The third-order valence-electron chi connectivity index (χ3n) is 7.13. The van der Waals surface area contributed by atoms with Crippen LogP contribution in [0.3, 0.4) is 0 Å². The van der Waals surface area contributed by atoms with Crippen LogP contribution in [0, 0.1) is 6.92 Å². The van der Waals surface area contributed by atoms with Crippen LogP contribution < -0.4 is 19.5 Å². The molecule has 0 radical (unpaired) electrons. The normalized spacial score (nSPS) is 12.6. The predicted octanol–water partition coefficient (Wildman–Crippen LogP) is 4.89. The first-order valence-electron chi connectivity index (χ1n) is 13.5. The van der Waals surface area contributed by atoms with Gasteiger partial charge in [0.2, 0.25) is 12.7 Å². The maximum absolute atomic E-state index is 14.2. The van der Waals surface area contributed by atoms with Gasteiger partial charge in [0, 0.05) is 18.3 Å². The fraction of sp³-hybridized carbons (Fsp3) is 0.188. The number of nitrogens with one attached hydrogen (secondary N) is 1. The zero-order valence-corrected chi connectivity index (χ0v) is 23.2. The van der Waals surface area contributed by atoms with Crippen LogP contribution in [-0.4, -0.2) is 45.6 Å². The molecule has 1 aromatic heterocycles. The van der Waals surface area contributed by atoms with E-state index in [4.69, 9.17) is 14.2 Å². The molecule has 0 saturated heterocycles. The summed E-state index contributed by atoms with van der Waals surface area (Å²) >= 11 is 0. The van der Waals surface area contributed by atoms with E-state index in [0.717, 1.165) is 16.6 Å². The zero-order chi connectivity index (χ0) is 29.1. The zero-order valence-electron chi connectivity index (χ0n) is 23.2. The van der Waals surface area contributed by atoms with E-state index in [9.17, 15) is 9.59 Å². The predicted molar refractivity (Wildman–Crippen MR) is 156 cm³/mol. The second-order valence-corrected chi connectivity index (χ2v) is 9.98. The largest absolute Gasteiger partial charge is 0.497 e. The molecule has 6 rings (SSSR count). The Morgan fingerprint density at radius 3 is 2.52 bits per heavy atom. The SMILES string of the molecule is COc1ccc(CN(C(=O)Cn2nnc3ccccc32)C(C(=O)Nc2ccc3c(c2)OCO3)c2ccc(C)cc2)cc1. The fourth-order valence-corrected chi connectivity index (χ4v) is 4.91. The number of methoxy groups -OCH3 is 1. The lowest BCUT2D eigenvalue weighted by Gasteiger charge is -2.32. The summed E-state index contributed by atoms with van der Waals surface area (Å²) in [6.07, 6.45) is 0. The number of carbonyl (C=O) groups excluding carboxylic acids is 2. The molecule has 42 heavy (non-hydrogen) atoms. The molecule has 2 amide bonds. The van der Waals surface area contributed by atoms with Gasteiger partial charge in [-0.05, 0) is 54.4 Å². The molecule has 4 aromatic carbocycles. The average molecular weight is 564 g/mol. The van der Waals surface area contributed by atoms with Crippen molar-refractivity contribution in [1.29, 1.82) is 0 Å².